The van der Waals surface area contributed by atoms with Gasteiger partial charge >= 0.3 is 5.97 Å². The lowest BCUT2D eigenvalue weighted by molar-refractivity contribution is 0.0252. The van der Waals surface area contributed by atoms with Crippen molar-refractivity contribution in [2.24, 2.45) is 0 Å². The highest BCUT2D eigenvalue weighted by Crippen LogP contribution is 2.33. The van der Waals surface area contributed by atoms with Gasteiger partial charge in [-0.2, -0.15) is 0 Å². The molecule has 0 saturated heterocycles. The maximum atomic E-state index is 13.5. The highest BCUT2D eigenvalue weighted by molar-refractivity contribution is 5.98. The number of methoxy groups -OCH3 is 1. The van der Waals surface area contributed by atoms with Crippen molar-refractivity contribution in [1.82, 2.24) is 4.90 Å². The molecule has 0 aromatic heterocycles. The Balaban J connectivity index is 1.39. The highest BCUT2D eigenvalue weighted by atomic mass is 16.5. The summed E-state index contributed by atoms with van der Waals surface area (Å²) < 4.78 is 10.9. The van der Waals surface area contributed by atoms with Crippen LogP contribution in [-0.2, 0) is 17.7 Å². The molecule has 0 unspecified atom stereocenters. The molecule has 5 nitrogen and oxygen atoms in total. The van der Waals surface area contributed by atoms with Crippen molar-refractivity contribution in [3.8, 4) is 5.75 Å². The van der Waals surface area contributed by atoms with Gasteiger partial charge in [-0.1, -0.05) is 42.5 Å². The van der Waals surface area contributed by atoms with Crippen LogP contribution in [0.25, 0.3) is 0 Å². The first-order valence-electron chi connectivity index (χ1n) is 10.9. The minimum Gasteiger partial charge on any atom is -0.497 e. The summed E-state index contributed by atoms with van der Waals surface area (Å²) in [5, 5.41) is 0. The summed E-state index contributed by atoms with van der Waals surface area (Å²) in [6.45, 7) is 0.555. The number of nitrogens with zero attached hydrogens (tertiary/aromatic N) is 1. The van der Waals surface area contributed by atoms with Crippen LogP contribution in [0.1, 0.15) is 56.4 Å². The molecule has 162 valence electrons. The van der Waals surface area contributed by atoms with Crippen LogP contribution >= 0.6 is 0 Å². The molecule has 3 aromatic rings. The first kappa shape index (κ1) is 20.3. The van der Waals surface area contributed by atoms with Gasteiger partial charge < -0.3 is 14.4 Å². The topological polar surface area (TPSA) is 55.8 Å². The van der Waals surface area contributed by atoms with Crippen LogP contribution in [0.4, 0.5) is 0 Å². The standard InChI is InChI=1S/C27H25NO4/c1-31-23-12-7-18(8-13-23)17-28(22-10-11-22)26(29)20-9-14-24-21(15-20)16-25(32-27(24)30)19-5-3-2-4-6-19/h2-9,12-15,22,25H,10-11,16-17H2,1H3/t25-/m0/s1. The van der Waals surface area contributed by atoms with E-state index in [2.05, 4.69) is 0 Å². The number of fused-ring (bicyclic) bond motifs is 1. The van der Waals surface area contributed by atoms with Crippen LogP contribution in [-0.4, -0.2) is 29.9 Å². The molecule has 3 aromatic carbocycles. The summed E-state index contributed by atoms with van der Waals surface area (Å²) in [6.07, 6.45) is 2.28. The quantitative estimate of drug-likeness (QED) is 0.522. The summed E-state index contributed by atoms with van der Waals surface area (Å²) in [5.41, 5.74) is 4.05. The van der Waals surface area contributed by atoms with Gasteiger partial charge in [0, 0.05) is 24.6 Å². The van der Waals surface area contributed by atoms with Crippen molar-refractivity contribution in [2.75, 3.05) is 7.11 Å². The van der Waals surface area contributed by atoms with E-state index in [1.807, 2.05) is 65.6 Å². The molecule has 1 atom stereocenters. The molecule has 0 radical (unpaired) electrons. The van der Waals surface area contributed by atoms with E-state index in [-0.39, 0.29) is 24.0 Å². The molecule has 2 aliphatic rings. The van der Waals surface area contributed by atoms with Crippen molar-refractivity contribution < 1.29 is 19.1 Å². The summed E-state index contributed by atoms with van der Waals surface area (Å²) in [6, 6.07) is 23.2. The number of benzene rings is 3. The zero-order valence-electron chi connectivity index (χ0n) is 18.0. The zero-order valence-corrected chi connectivity index (χ0v) is 18.0. The number of esters is 1. The Morgan fingerprint density at radius 3 is 2.47 bits per heavy atom. The Morgan fingerprint density at radius 2 is 1.78 bits per heavy atom. The first-order valence-corrected chi connectivity index (χ1v) is 10.9. The summed E-state index contributed by atoms with van der Waals surface area (Å²) in [5.74, 6) is 0.463. The van der Waals surface area contributed by atoms with Crippen molar-refractivity contribution >= 4 is 11.9 Å². The molecule has 1 heterocycles. The average Bonchev–Trinajstić information content (AvgIpc) is 3.68. The van der Waals surface area contributed by atoms with Crippen LogP contribution in [0.5, 0.6) is 5.75 Å². The second-order valence-corrected chi connectivity index (χ2v) is 8.39. The summed E-state index contributed by atoms with van der Waals surface area (Å²) in [7, 11) is 1.64. The minimum atomic E-state index is -0.337. The van der Waals surface area contributed by atoms with Gasteiger partial charge in [-0.25, -0.2) is 4.79 Å². The van der Waals surface area contributed by atoms with Gasteiger partial charge in [0.25, 0.3) is 5.91 Å². The number of hydrogen-bond donors (Lipinski definition) is 0. The van der Waals surface area contributed by atoms with E-state index >= 15 is 0 Å². The fraction of sp³-hybridized carbons (Fsp3) is 0.259. The fourth-order valence-corrected chi connectivity index (χ4v) is 4.23. The van der Waals surface area contributed by atoms with Crippen molar-refractivity contribution in [1.29, 1.82) is 0 Å². The Labute approximate surface area is 187 Å². The van der Waals surface area contributed by atoms with Crippen LogP contribution in [0, 0.1) is 0 Å². The number of amides is 1. The molecular weight excluding hydrogens is 402 g/mol. The molecule has 1 aliphatic heterocycles. The Morgan fingerprint density at radius 1 is 1.03 bits per heavy atom. The predicted molar refractivity (Wildman–Crippen MR) is 121 cm³/mol. The van der Waals surface area contributed by atoms with Crippen molar-refractivity contribution in [2.45, 2.75) is 38.0 Å². The third-order valence-electron chi connectivity index (χ3n) is 6.16. The number of carbonyl (C=O) groups excluding carboxylic acids is 2. The molecule has 0 bridgehead atoms. The fourth-order valence-electron chi connectivity index (χ4n) is 4.23. The third-order valence-corrected chi connectivity index (χ3v) is 6.16. The molecular formula is C27H25NO4. The molecule has 0 spiro atoms. The Hall–Kier alpha value is -3.60. The Kier molecular flexibility index (Phi) is 5.39. The zero-order chi connectivity index (χ0) is 22.1. The molecule has 5 heteroatoms. The monoisotopic (exact) mass is 427 g/mol. The van der Waals surface area contributed by atoms with Gasteiger partial charge in [0.2, 0.25) is 0 Å². The van der Waals surface area contributed by atoms with E-state index in [0.717, 1.165) is 35.3 Å². The second-order valence-electron chi connectivity index (χ2n) is 8.39. The summed E-state index contributed by atoms with van der Waals surface area (Å²) in [4.78, 5) is 28.0. The lowest BCUT2D eigenvalue weighted by atomic mass is 9.93. The second kappa shape index (κ2) is 8.50. The maximum absolute atomic E-state index is 13.5. The van der Waals surface area contributed by atoms with Gasteiger partial charge in [-0.15, -0.1) is 0 Å². The molecule has 1 fully saturated rings. The molecule has 1 aliphatic carbocycles. The van der Waals surface area contributed by atoms with Crippen LogP contribution in [0.2, 0.25) is 0 Å². The highest BCUT2D eigenvalue weighted by Gasteiger charge is 2.34. The molecule has 32 heavy (non-hydrogen) atoms. The molecule has 0 N–H and O–H groups in total. The van der Waals surface area contributed by atoms with E-state index in [4.69, 9.17) is 9.47 Å². The molecule has 1 saturated carbocycles. The van der Waals surface area contributed by atoms with E-state index < -0.39 is 0 Å². The number of ether oxygens (including phenoxy) is 2. The SMILES string of the molecule is COc1ccc(CN(C(=O)c2ccc3c(c2)C[C@@H](c2ccccc2)OC3=O)C2CC2)cc1. The number of cyclic esters (lactones) is 1. The lowest BCUT2D eigenvalue weighted by Gasteiger charge is -2.27. The van der Waals surface area contributed by atoms with Crippen molar-refractivity contribution in [3.05, 3.63) is 101 Å². The largest absolute Gasteiger partial charge is 0.497 e. The van der Waals surface area contributed by atoms with E-state index in [1.54, 1.807) is 19.2 Å². The van der Waals surface area contributed by atoms with E-state index in [0.29, 0.717) is 24.1 Å². The number of rotatable bonds is 6. The van der Waals surface area contributed by atoms with Gasteiger partial charge in [-0.3, -0.25) is 4.79 Å². The van der Waals surface area contributed by atoms with Crippen LogP contribution < -0.4 is 4.74 Å². The first-order chi connectivity index (χ1) is 15.6. The summed E-state index contributed by atoms with van der Waals surface area (Å²) >= 11 is 0. The number of hydrogen-bond acceptors (Lipinski definition) is 4. The van der Waals surface area contributed by atoms with Crippen LogP contribution in [0.3, 0.4) is 0 Å². The van der Waals surface area contributed by atoms with Gasteiger partial charge in [-0.05, 0) is 59.9 Å². The third kappa shape index (κ3) is 4.11. The maximum Gasteiger partial charge on any atom is 0.339 e. The molecule has 5 rings (SSSR count). The van der Waals surface area contributed by atoms with Gasteiger partial charge in [0.05, 0.1) is 12.7 Å². The van der Waals surface area contributed by atoms with Gasteiger partial charge in [0.1, 0.15) is 11.9 Å². The number of carbonyl (C=O) groups is 2. The normalized spacial score (nSPS) is 17.3. The van der Waals surface area contributed by atoms with Gasteiger partial charge in [0.15, 0.2) is 0 Å². The predicted octanol–water partition coefficient (Wildman–Crippen LogP) is 4.95. The molecule has 1 amide bonds. The van der Waals surface area contributed by atoms with Crippen molar-refractivity contribution in [3.63, 3.8) is 0 Å². The Bertz CT molecular complexity index is 1140. The minimum absolute atomic E-state index is 0.00122. The van der Waals surface area contributed by atoms with E-state index in [9.17, 15) is 9.59 Å². The van der Waals surface area contributed by atoms with Crippen LogP contribution in [0.15, 0.2) is 72.8 Å². The lowest BCUT2D eigenvalue weighted by Crippen LogP contribution is -2.33. The van der Waals surface area contributed by atoms with E-state index in [1.165, 1.54) is 0 Å². The average molecular weight is 428 g/mol. The smallest absolute Gasteiger partial charge is 0.339 e.